The highest BCUT2D eigenvalue weighted by atomic mass is 32.2. The van der Waals surface area contributed by atoms with E-state index >= 15 is 0 Å². The molecule has 2 aromatic carbocycles. The second-order valence-electron chi connectivity index (χ2n) is 6.35. The molecule has 1 unspecified atom stereocenters. The average molecular weight is 421 g/mol. The summed E-state index contributed by atoms with van der Waals surface area (Å²) in [5.41, 5.74) is 0.270. The summed E-state index contributed by atoms with van der Waals surface area (Å²) in [6.07, 6.45) is 0.944. The first-order valence-electron chi connectivity index (χ1n) is 8.45. The number of hydrogen-bond acceptors (Lipinski definition) is 4. The average Bonchev–Trinajstić information content (AvgIpc) is 3.04. The van der Waals surface area contributed by atoms with Crippen LogP contribution in [-0.4, -0.2) is 29.3 Å². The normalized spacial score (nSPS) is 12.7. The molecule has 0 aliphatic heterocycles. The molecule has 3 aromatic rings. The summed E-state index contributed by atoms with van der Waals surface area (Å²) in [5.74, 6) is -2.53. The Morgan fingerprint density at radius 2 is 1.83 bits per heavy atom. The van der Waals surface area contributed by atoms with Crippen molar-refractivity contribution in [3.8, 4) is 0 Å². The fourth-order valence-corrected chi connectivity index (χ4v) is 4.34. The highest BCUT2D eigenvalue weighted by Crippen LogP contribution is 2.24. The van der Waals surface area contributed by atoms with Gasteiger partial charge in [0.2, 0.25) is 10.0 Å². The first kappa shape index (κ1) is 20.6. The number of benzene rings is 2. The lowest BCUT2D eigenvalue weighted by Crippen LogP contribution is -2.31. The highest BCUT2D eigenvalue weighted by molar-refractivity contribution is 7.89. The van der Waals surface area contributed by atoms with Gasteiger partial charge in [0.1, 0.15) is 16.5 Å². The third-order valence-corrected chi connectivity index (χ3v) is 5.75. The molecule has 1 atom stereocenters. The molecule has 3 rings (SSSR count). The van der Waals surface area contributed by atoms with Gasteiger partial charge in [0.15, 0.2) is 5.69 Å². The van der Waals surface area contributed by atoms with Crippen molar-refractivity contribution >= 4 is 16.0 Å². The Hall–Kier alpha value is -3.11. The van der Waals surface area contributed by atoms with E-state index in [2.05, 4.69) is 9.82 Å². The Balaban J connectivity index is 2.01. The summed E-state index contributed by atoms with van der Waals surface area (Å²) in [7, 11) is -3.03. The van der Waals surface area contributed by atoms with Gasteiger partial charge in [0.05, 0.1) is 12.2 Å². The lowest BCUT2D eigenvalue weighted by Gasteiger charge is -2.19. The smallest absolute Gasteiger partial charge is 0.355 e. The van der Waals surface area contributed by atoms with E-state index in [1.54, 1.807) is 6.07 Å². The van der Waals surface area contributed by atoms with Gasteiger partial charge < -0.3 is 5.11 Å². The van der Waals surface area contributed by atoms with Gasteiger partial charge in [0, 0.05) is 7.05 Å². The van der Waals surface area contributed by atoms with Crippen molar-refractivity contribution < 1.29 is 27.1 Å². The molecule has 152 valence electrons. The van der Waals surface area contributed by atoms with E-state index in [0.29, 0.717) is 11.1 Å². The van der Waals surface area contributed by atoms with Gasteiger partial charge in [-0.3, -0.25) is 4.68 Å². The second-order valence-corrected chi connectivity index (χ2v) is 8.03. The number of nitrogens with zero attached hydrogens (tertiary/aromatic N) is 2. The molecule has 7 nitrogen and oxygen atoms in total. The molecule has 1 heterocycles. The monoisotopic (exact) mass is 421 g/mol. The Labute approximate surface area is 165 Å². The molecule has 0 radical (unpaired) electrons. The first-order chi connectivity index (χ1) is 13.7. The Morgan fingerprint density at radius 1 is 1.17 bits per heavy atom. The van der Waals surface area contributed by atoms with Crippen molar-refractivity contribution in [3.05, 3.63) is 83.2 Å². The van der Waals surface area contributed by atoms with E-state index in [1.807, 2.05) is 0 Å². The van der Waals surface area contributed by atoms with Crippen molar-refractivity contribution in [1.29, 1.82) is 0 Å². The van der Waals surface area contributed by atoms with Crippen LogP contribution in [0.3, 0.4) is 0 Å². The predicted octanol–water partition coefficient (Wildman–Crippen LogP) is 2.66. The summed E-state index contributed by atoms with van der Waals surface area (Å²) >= 11 is 0. The second kappa shape index (κ2) is 8.10. The molecule has 29 heavy (non-hydrogen) atoms. The number of carbonyl (C=O) groups is 1. The number of carboxylic acids is 1. The highest BCUT2D eigenvalue weighted by Gasteiger charge is 2.29. The van der Waals surface area contributed by atoms with Crippen LogP contribution in [0.25, 0.3) is 0 Å². The minimum absolute atomic E-state index is 0.0170. The predicted molar refractivity (Wildman–Crippen MR) is 99.7 cm³/mol. The summed E-state index contributed by atoms with van der Waals surface area (Å²) in [6, 6.07) is 9.92. The van der Waals surface area contributed by atoms with Crippen LogP contribution >= 0.6 is 0 Å². The van der Waals surface area contributed by atoms with E-state index in [4.69, 9.17) is 0 Å². The molecular formula is C19H17F2N3O4S. The first-order valence-corrected chi connectivity index (χ1v) is 9.93. The van der Waals surface area contributed by atoms with Gasteiger partial charge >= 0.3 is 5.97 Å². The maximum absolute atomic E-state index is 13.7. The van der Waals surface area contributed by atoms with Crippen LogP contribution in [-0.2, 0) is 23.5 Å². The Morgan fingerprint density at radius 3 is 2.45 bits per heavy atom. The molecule has 0 amide bonds. The molecular weight excluding hydrogens is 404 g/mol. The maximum atomic E-state index is 13.7. The zero-order chi connectivity index (χ0) is 21.2. The van der Waals surface area contributed by atoms with E-state index < -0.39 is 44.3 Å². The number of aryl methyl sites for hydroxylation is 1. The van der Waals surface area contributed by atoms with Crippen LogP contribution in [0.4, 0.5) is 8.78 Å². The van der Waals surface area contributed by atoms with Crippen LogP contribution < -0.4 is 4.72 Å². The quantitative estimate of drug-likeness (QED) is 0.611. The van der Waals surface area contributed by atoms with E-state index in [1.165, 1.54) is 43.4 Å². The number of rotatable bonds is 7. The van der Waals surface area contributed by atoms with Crippen LogP contribution in [0.15, 0.2) is 59.6 Å². The molecule has 0 spiro atoms. The number of sulfonamides is 1. The van der Waals surface area contributed by atoms with Crippen molar-refractivity contribution in [2.75, 3.05) is 0 Å². The van der Waals surface area contributed by atoms with Gasteiger partial charge in [-0.2, -0.15) is 5.10 Å². The largest absolute Gasteiger partial charge is 0.476 e. The topological polar surface area (TPSA) is 101 Å². The minimum atomic E-state index is -4.34. The van der Waals surface area contributed by atoms with Gasteiger partial charge in [-0.25, -0.2) is 26.7 Å². The zero-order valence-corrected chi connectivity index (χ0v) is 16.0. The van der Waals surface area contributed by atoms with E-state index in [9.17, 15) is 27.1 Å². The van der Waals surface area contributed by atoms with Crippen molar-refractivity contribution in [3.63, 3.8) is 0 Å². The van der Waals surface area contributed by atoms with Crippen LogP contribution in [0.2, 0.25) is 0 Å². The molecule has 0 aliphatic carbocycles. The van der Waals surface area contributed by atoms with Crippen LogP contribution in [0.1, 0.15) is 27.7 Å². The molecule has 1 aromatic heterocycles. The number of halogens is 2. The van der Waals surface area contributed by atoms with Crippen LogP contribution in [0.5, 0.6) is 0 Å². The fourth-order valence-electron chi connectivity index (χ4n) is 2.96. The molecule has 0 fully saturated rings. The van der Waals surface area contributed by atoms with Crippen molar-refractivity contribution in [2.45, 2.75) is 17.4 Å². The van der Waals surface area contributed by atoms with Gasteiger partial charge in [-0.1, -0.05) is 24.3 Å². The maximum Gasteiger partial charge on any atom is 0.355 e. The number of hydrogen-bond donors (Lipinski definition) is 2. The molecule has 0 bridgehead atoms. The lowest BCUT2D eigenvalue weighted by atomic mass is 9.99. The molecule has 0 saturated carbocycles. The minimum Gasteiger partial charge on any atom is -0.476 e. The number of carboxylic acid groups (broad SMARTS) is 1. The summed E-state index contributed by atoms with van der Waals surface area (Å²) in [5, 5.41) is 13.0. The Kier molecular flexibility index (Phi) is 5.76. The third-order valence-electron chi connectivity index (χ3n) is 4.27. The fraction of sp³-hybridized carbons (Fsp3) is 0.158. The number of aromatic carboxylic acids is 1. The number of nitrogens with one attached hydrogen (secondary N) is 1. The van der Waals surface area contributed by atoms with Crippen molar-refractivity contribution in [2.24, 2.45) is 7.05 Å². The summed E-state index contributed by atoms with van der Waals surface area (Å²) in [4.78, 5) is 10.9. The van der Waals surface area contributed by atoms with Gasteiger partial charge in [-0.05, 0) is 41.8 Å². The Bertz CT molecular complexity index is 1160. The lowest BCUT2D eigenvalue weighted by molar-refractivity contribution is 0.0680. The molecule has 10 heteroatoms. The van der Waals surface area contributed by atoms with E-state index in [0.717, 1.165) is 16.9 Å². The van der Waals surface area contributed by atoms with Crippen LogP contribution in [0, 0.1) is 11.6 Å². The van der Waals surface area contributed by atoms with E-state index in [-0.39, 0.29) is 6.42 Å². The van der Waals surface area contributed by atoms with Gasteiger partial charge in [0.25, 0.3) is 0 Å². The molecule has 0 saturated heterocycles. The summed E-state index contributed by atoms with van der Waals surface area (Å²) in [6.45, 7) is 0. The van der Waals surface area contributed by atoms with Gasteiger partial charge in [-0.15, -0.1) is 0 Å². The third kappa shape index (κ3) is 4.66. The molecule has 0 aliphatic rings. The standard InChI is InChI=1S/C19H17F2N3O4S/c1-24-18(19(25)26)17(11-22-24)29(27,28)23-16(13-5-3-7-15(21)10-13)9-12-4-2-6-14(20)8-12/h2-8,10-11,16,23H,9H2,1H3,(H,25,26). The molecule has 2 N–H and O–H groups in total. The SMILES string of the molecule is Cn1ncc(S(=O)(=O)NC(Cc2cccc(F)c2)c2cccc(F)c2)c1C(=O)O. The zero-order valence-electron chi connectivity index (χ0n) is 15.2. The number of aromatic nitrogens is 2. The summed E-state index contributed by atoms with van der Waals surface area (Å²) < 4.78 is 56.4. The van der Waals surface area contributed by atoms with Crippen molar-refractivity contribution in [1.82, 2.24) is 14.5 Å².